The SMILES string of the molecule is O=C(O)CC1CN(Cc2cc(=O)n3cc(Br)ccc3n2)C1. The van der Waals surface area contributed by atoms with Gasteiger partial charge >= 0.3 is 5.97 Å². The predicted molar refractivity (Wildman–Crippen MR) is 80.2 cm³/mol. The molecule has 0 bridgehead atoms. The molecule has 1 saturated heterocycles. The number of halogens is 1. The normalized spacial score (nSPS) is 16.0. The average molecular weight is 352 g/mol. The largest absolute Gasteiger partial charge is 0.481 e. The molecular formula is C14H14BrN3O3. The molecule has 7 heteroatoms. The van der Waals surface area contributed by atoms with Gasteiger partial charge < -0.3 is 5.11 Å². The molecular weight excluding hydrogens is 338 g/mol. The predicted octanol–water partition coefficient (Wildman–Crippen LogP) is 1.36. The van der Waals surface area contributed by atoms with Gasteiger partial charge in [-0.15, -0.1) is 0 Å². The van der Waals surface area contributed by atoms with E-state index >= 15 is 0 Å². The number of carbonyl (C=O) groups is 1. The first-order valence-corrected chi connectivity index (χ1v) is 7.42. The number of nitrogens with zero attached hydrogens (tertiary/aromatic N) is 3. The molecule has 1 N–H and O–H groups in total. The summed E-state index contributed by atoms with van der Waals surface area (Å²) >= 11 is 3.33. The lowest BCUT2D eigenvalue weighted by Gasteiger charge is -2.38. The monoisotopic (exact) mass is 351 g/mol. The van der Waals surface area contributed by atoms with Gasteiger partial charge in [-0.2, -0.15) is 0 Å². The molecule has 1 aliphatic rings. The van der Waals surface area contributed by atoms with E-state index in [-0.39, 0.29) is 17.9 Å². The fraction of sp³-hybridized carbons (Fsp3) is 0.357. The summed E-state index contributed by atoms with van der Waals surface area (Å²) in [5.74, 6) is -0.549. The van der Waals surface area contributed by atoms with Crippen molar-refractivity contribution in [2.24, 2.45) is 5.92 Å². The van der Waals surface area contributed by atoms with Crippen molar-refractivity contribution in [2.45, 2.75) is 13.0 Å². The maximum Gasteiger partial charge on any atom is 0.303 e. The van der Waals surface area contributed by atoms with Gasteiger partial charge in [-0.1, -0.05) is 0 Å². The van der Waals surface area contributed by atoms with E-state index in [1.165, 1.54) is 10.5 Å². The van der Waals surface area contributed by atoms with E-state index in [2.05, 4.69) is 25.8 Å². The van der Waals surface area contributed by atoms with Crippen LogP contribution in [0.4, 0.5) is 0 Å². The van der Waals surface area contributed by atoms with Gasteiger partial charge in [-0.25, -0.2) is 4.98 Å². The Morgan fingerprint density at radius 1 is 1.43 bits per heavy atom. The molecule has 3 rings (SSSR count). The molecule has 3 heterocycles. The van der Waals surface area contributed by atoms with Gasteiger partial charge in [0.15, 0.2) is 0 Å². The third-order valence-electron chi connectivity index (χ3n) is 3.56. The molecule has 2 aromatic heterocycles. The van der Waals surface area contributed by atoms with Crippen LogP contribution in [-0.4, -0.2) is 38.4 Å². The molecule has 110 valence electrons. The van der Waals surface area contributed by atoms with Crippen LogP contribution in [0.5, 0.6) is 0 Å². The smallest absolute Gasteiger partial charge is 0.303 e. The molecule has 0 aliphatic carbocycles. The first-order valence-electron chi connectivity index (χ1n) is 6.63. The molecule has 0 saturated carbocycles. The van der Waals surface area contributed by atoms with Crippen molar-refractivity contribution >= 4 is 27.5 Å². The van der Waals surface area contributed by atoms with Gasteiger partial charge in [0.25, 0.3) is 5.56 Å². The van der Waals surface area contributed by atoms with Crippen molar-refractivity contribution in [1.82, 2.24) is 14.3 Å². The molecule has 0 spiro atoms. The second kappa shape index (κ2) is 5.57. The lowest BCUT2D eigenvalue weighted by Crippen LogP contribution is -2.46. The Morgan fingerprint density at radius 2 is 2.19 bits per heavy atom. The van der Waals surface area contributed by atoms with Crippen LogP contribution in [0, 0.1) is 5.92 Å². The van der Waals surface area contributed by atoms with E-state index in [9.17, 15) is 9.59 Å². The van der Waals surface area contributed by atoms with Crippen LogP contribution in [-0.2, 0) is 11.3 Å². The number of aliphatic carboxylic acids is 1. The number of carboxylic acids is 1. The Bertz CT molecular complexity index is 753. The van der Waals surface area contributed by atoms with Crippen LogP contribution in [0.2, 0.25) is 0 Å². The Kier molecular flexibility index (Phi) is 3.77. The van der Waals surface area contributed by atoms with Gasteiger partial charge in [0.1, 0.15) is 5.65 Å². The second-order valence-electron chi connectivity index (χ2n) is 5.32. The molecule has 1 fully saturated rings. The molecule has 6 nitrogen and oxygen atoms in total. The Balaban J connectivity index is 1.73. The van der Waals surface area contributed by atoms with Crippen LogP contribution in [0.1, 0.15) is 12.1 Å². The maximum absolute atomic E-state index is 12.1. The van der Waals surface area contributed by atoms with Crippen molar-refractivity contribution < 1.29 is 9.90 Å². The number of rotatable bonds is 4. The van der Waals surface area contributed by atoms with E-state index < -0.39 is 5.97 Å². The molecule has 0 atom stereocenters. The van der Waals surface area contributed by atoms with Gasteiger partial charge in [-0.3, -0.25) is 18.9 Å². The van der Waals surface area contributed by atoms with Gasteiger partial charge in [0.05, 0.1) is 12.1 Å². The number of hydrogen-bond donors (Lipinski definition) is 1. The van der Waals surface area contributed by atoms with Crippen LogP contribution in [0.15, 0.2) is 33.7 Å². The number of carboxylic acid groups (broad SMARTS) is 1. The Labute approximate surface area is 129 Å². The van der Waals surface area contributed by atoms with Gasteiger partial charge in [-0.05, 0) is 34.0 Å². The van der Waals surface area contributed by atoms with E-state index in [0.717, 1.165) is 23.3 Å². The summed E-state index contributed by atoms with van der Waals surface area (Å²) < 4.78 is 2.32. The first-order chi connectivity index (χ1) is 10.0. The number of fused-ring (bicyclic) bond motifs is 1. The Hall–Kier alpha value is -1.73. The summed E-state index contributed by atoms with van der Waals surface area (Å²) in [4.78, 5) is 29.2. The van der Waals surface area contributed by atoms with E-state index in [1.807, 2.05) is 6.07 Å². The number of likely N-dealkylation sites (tertiary alicyclic amines) is 1. The molecule has 0 aromatic carbocycles. The lowest BCUT2D eigenvalue weighted by molar-refractivity contribution is -0.139. The van der Waals surface area contributed by atoms with Crippen molar-refractivity contribution in [1.29, 1.82) is 0 Å². The standard InChI is InChI=1S/C14H14BrN3O3/c15-10-1-2-12-16-11(4-13(19)18(12)7-10)8-17-5-9(6-17)3-14(20)21/h1-2,4,7,9H,3,5-6,8H2,(H,20,21). The number of pyridine rings is 1. The molecule has 0 amide bonds. The topological polar surface area (TPSA) is 74.9 Å². The van der Waals surface area contributed by atoms with Gasteiger partial charge in [0.2, 0.25) is 0 Å². The highest BCUT2D eigenvalue weighted by Gasteiger charge is 2.28. The summed E-state index contributed by atoms with van der Waals surface area (Å²) in [5, 5.41) is 8.72. The summed E-state index contributed by atoms with van der Waals surface area (Å²) in [5.41, 5.74) is 1.22. The van der Waals surface area contributed by atoms with E-state index in [4.69, 9.17) is 5.11 Å². The zero-order valence-corrected chi connectivity index (χ0v) is 12.8. The molecule has 0 radical (unpaired) electrons. The van der Waals surface area contributed by atoms with Crippen molar-refractivity contribution in [3.63, 3.8) is 0 Å². The fourth-order valence-corrected chi connectivity index (χ4v) is 2.96. The Morgan fingerprint density at radius 3 is 2.90 bits per heavy atom. The zero-order chi connectivity index (χ0) is 15.0. The molecule has 2 aromatic rings. The molecule has 21 heavy (non-hydrogen) atoms. The summed E-state index contributed by atoms with van der Waals surface area (Å²) in [6.45, 7) is 2.07. The quantitative estimate of drug-likeness (QED) is 0.900. The highest BCUT2D eigenvalue weighted by Crippen LogP contribution is 2.20. The highest BCUT2D eigenvalue weighted by atomic mass is 79.9. The van der Waals surface area contributed by atoms with Crippen molar-refractivity contribution in [3.05, 3.63) is 44.9 Å². The summed E-state index contributed by atoms with van der Waals surface area (Å²) in [7, 11) is 0. The average Bonchev–Trinajstić information content (AvgIpc) is 2.37. The van der Waals surface area contributed by atoms with Crippen LogP contribution < -0.4 is 5.56 Å². The van der Waals surface area contributed by atoms with Crippen molar-refractivity contribution in [3.8, 4) is 0 Å². The number of aromatic nitrogens is 2. The fourth-order valence-electron chi connectivity index (χ4n) is 2.62. The minimum atomic E-state index is -0.757. The van der Waals surface area contributed by atoms with Crippen LogP contribution in [0.3, 0.4) is 0 Å². The minimum Gasteiger partial charge on any atom is -0.481 e. The maximum atomic E-state index is 12.1. The lowest BCUT2D eigenvalue weighted by atomic mass is 9.96. The minimum absolute atomic E-state index is 0.112. The summed E-state index contributed by atoms with van der Waals surface area (Å²) in [6, 6.07) is 5.17. The molecule has 1 aliphatic heterocycles. The first kappa shape index (κ1) is 14.2. The van der Waals surface area contributed by atoms with Crippen LogP contribution in [0.25, 0.3) is 5.65 Å². The zero-order valence-electron chi connectivity index (χ0n) is 11.2. The van der Waals surface area contributed by atoms with Gasteiger partial charge in [0, 0.05) is 36.4 Å². The second-order valence-corrected chi connectivity index (χ2v) is 6.23. The van der Waals surface area contributed by atoms with E-state index in [1.54, 1.807) is 12.3 Å². The third-order valence-corrected chi connectivity index (χ3v) is 4.03. The third kappa shape index (κ3) is 3.14. The van der Waals surface area contributed by atoms with Crippen LogP contribution >= 0.6 is 15.9 Å². The van der Waals surface area contributed by atoms with Crippen molar-refractivity contribution in [2.75, 3.05) is 13.1 Å². The summed E-state index contributed by atoms with van der Waals surface area (Å²) in [6.07, 6.45) is 1.90. The van der Waals surface area contributed by atoms with E-state index in [0.29, 0.717) is 12.2 Å². The highest BCUT2D eigenvalue weighted by molar-refractivity contribution is 9.10. The number of hydrogen-bond acceptors (Lipinski definition) is 4. The molecule has 0 unspecified atom stereocenters.